The Bertz CT molecular complexity index is 758. The molecular weight excluding hydrogens is 328 g/mol. The number of halogens is 1. The van der Waals surface area contributed by atoms with E-state index < -0.39 is 0 Å². The minimum atomic E-state index is -0.152. The van der Waals surface area contributed by atoms with Crippen LogP contribution in [0, 0.1) is 0 Å². The minimum Gasteiger partial charge on any atom is -0.299 e. The molecule has 106 valence electrons. The van der Waals surface area contributed by atoms with E-state index in [1.54, 1.807) is 31.7 Å². The molecule has 0 saturated heterocycles. The summed E-state index contributed by atoms with van der Waals surface area (Å²) >= 11 is 8.67. The van der Waals surface area contributed by atoms with Crippen molar-refractivity contribution in [3.8, 4) is 10.6 Å². The summed E-state index contributed by atoms with van der Waals surface area (Å²) in [6.07, 6.45) is 5.00. The second-order valence-corrected chi connectivity index (χ2v) is 6.27. The number of nitrogens with zero attached hydrogens (tertiary/aromatic N) is 4. The smallest absolute Gasteiger partial charge is 0.270 e. The van der Waals surface area contributed by atoms with Gasteiger partial charge in [-0.1, -0.05) is 22.9 Å². The van der Waals surface area contributed by atoms with E-state index in [2.05, 4.69) is 14.3 Å². The van der Waals surface area contributed by atoms with Crippen LogP contribution < -0.4 is 4.90 Å². The van der Waals surface area contributed by atoms with E-state index in [-0.39, 0.29) is 5.91 Å². The van der Waals surface area contributed by atoms with Gasteiger partial charge in [0.1, 0.15) is 14.9 Å². The summed E-state index contributed by atoms with van der Waals surface area (Å²) in [6, 6.07) is 5.41. The van der Waals surface area contributed by atoms with Gasteiger partial charge in [0, 0.05) is 31.2 Å². The maximum absolute atomic E-state index is 12.3. The lowest BCUT2D eigenvalue weighted by Gasteiger charge is -2.13. The molecule has 3 heterocycles. The van der Waals surface area contributed by atoms with Gasteiger partial charge in [0.15, 0.2) is 5.15 Å². The molecule has 0 spiro atoms. The molecule has 0 saturated carbocycles. The van der Waals surface area contributed by atoms with Crippen LogP contribution in [0.3, 0.4) is 0 Å². The van der Waals surface area contributed by atoms with Crippen molar-refractivity contribution in [3.63, 3.8) is 0 Å². The number of hydrogen-bond acceptors (Lipinski definition) is 6. The third kappa shape index (κ3) is 2.80. The molecule has 0 aliphatic rings. The van der Waals surface area contributed by atoms with Crippen LogP contribution in [-0.2, 0) is 0 Å². The highest BCUT2D eigenvalue weighted by Crippen LogP contribution is 2.37. The number of carbonyl (C=O) groups is 1. The molecule has 0 aliphatic carbocycles. The van der Waals surface area contributed by atoms with E-state index in [1.807, 2.05) is 12.1 Å². The van der Waals surface area contributed by atoms with Crippen molar-refractivity contribution in [2.24, 2.45) is 0 Å². The molecule has 8 heteroatoms. The van der Waals surface area contributed by atoms with Crippen molar-refractivity contribution in [1.29, 1.82) is 0 Å². The lowest BCUT2D eigenvalue weighted by molar-refractivity contribution is 0.0997. The molecule has 0 atom stereocenters. The summed E-state index contributed by atoms with van der Waals surface area (Å²) < 4.78 is 3.94. The van der Waals surface area contributed by atoms with Crippen LogP contribution in [0.25, 0.3) is 10.6 Å². The van der Waals surface area contributed by atoms with Crippen molar-refractivity contribution in [3.05, 3.63) is 46.8 Å². The Morgan fingerprint density at radius 1 is 1.33 bits per heavy atom. The summed E-state index contributed by atoms with van der Waals surface area (Å²) in [7, 11) is 1.68. The Labute approximate surface area is 134 Å². The molecule has 0 bridgehead atoms. The highest BCUT2D eigenvalue weighted by atomic mass is 35.5. The Morgan fingerprint density at radius 3 is 2.86 bits per heavy atom. The van der Waals surface area contributed by atoms with E-state index in [9.17, 15) is 4.79 Å². The summed E-state index contributed by atoms with van der Waals surface area (Å²) in [5.74, 6) is -0.152. The van der Waals surface area contributed by atoms with Gasteiger partial charge in [-0.25, -0.2) is 9.36 Å². The Morgan fingerprint density at radius 2 is 2.19 bits per heavy atom. The van der Waals surface area contributed by atoms with E-state index in [0.717, 1.165) is 22.1 Å². The molecule has 3 rings (SSSR count). The molecule has 0 fully saturated rings. The number of hydrogen-bond donors (Lipinski definition) is 0. The Balaban J connectivity index is 1.93. The number of amides is 1. The van der Waals surface area contributed by atoms with E-state index in [0.29, 0.717) is 15.0 Å². The summed E-state index contributed by atoms with van der Waals surface area (Å²) in [4.78, 5) is 22.7. The second kappa shape index (κ2) is 5.88. The molecular formula is C13H9ClN4OS2. The maximum atomic E-state index is 12.3. The number of carbonyl (C=O) groups excluding carboxylic acids is 1. The van der Waals surface area contributed by atoms with Crippen molar-refractivity contribution < 1.29 is 4.79 Å². The second-order valence-electron chi connectivity index (χ2n) is 4.10. The van der Waals surface area contributed by atoms with E-state index in [4.69, 9.17) is 11.6 Å². The zero-order valence-electron chi connectivity index (χ0n) is 10.9. The quantitative estimate of drug-likeness (QED) is 0.733. The van der Waals surface area contributed by atoms with Crippen molar-refractivity contribution in [2.75, 3.05) is 11.9 Å². The fraction of sp³-hybridized carbons (Fsp3) is 0.0769. The number of anilines is 1. The summed E-state index contributed by atoms with van der Waals surface area (Å²) in [5, 5.41) is 1.64. The van der Waals surface area contributed by atoms with Gasteiger partial charge in [0.2, 0.25) is 0 Å². The van der Waals surface area contributed by atoms with Crippen LogP contribution in [0.15, 0.2) is 36.8 Å². The van der Waals surface area contributed by atoms with Gasteiger partial charge < -0.3 is 0 Å². The molecule has 5 nitrogen and oxygen atoms in total. The van der Waals surface area contributed by atoms with Crippen LogP contribution in [0.2, 0.25) is 5.15 Å². The molecule has 1 amide bonds. The van der Waals surface area contributed by atoms with Crippen molar-refractivity contribution >= 4 is 45.4 Å². The van der Waals surface area contributed by atoms with Gasteiger partial charge in [-0.15, -0.1) is 0 Å². The first-order chi connectivity index (χ1) is 10.2. The minimum absolute atomic E-state index is 0.152. The van der Waals surface area contributed by atoms with Gasteiger partial charge >= 0.3 is 0 Å². The Hall–Kier alpha value is -1.83. The fourth-order valence-corrected chi connectivity index (χ4v) is 3.55. The fourth-order valence-electron chi connectivity index (χ4n) is 1.70. The molecule has 3 aromatic heterocycles. The average molecular weight is 337 g/mol. The van der Waals surface area contributed by atoms with Crippen molar-refractivity contribution in [1.82, 2.24) is 14.3 Å². The lowest BCUT2D eigenvalue weighted by Crippen LogP contribution is -2.24. The van der Waals surface area contributed by atoms with Gasteiger partial charge in [0.25, 0.3) is 5.91 Å². The monoisotopic (exact) mass is 336 g/mol. The van der Waals surface area contributed by atoms with Gasteiger partial charge in [-0.2, -0.15) is 0 Å². The molecule has 0 unspecified atom stereocenters. The van der Waals surface area contributed by atoms with Crippen LogP contribution >= 0.6 is 34.5 Å². The summed E-state index contributed by atoms with van der Waals surface area (Å²) in [6.45, 7) is 0. The number of rotatable bonds is 3. The summed E-state index contributed by atoms with van der Waals surface area (Å²) in [5.41, 5.74) is 0.870. The van der Waals surface area contributed by atoms with Gasteiger partial charge in [-0.05, 0) is 29.7 Å². The molecule has 3 aromatic rings. The third-order valence-corrected chi connectivity index (χ3v) is 5.03. The first-order valence-corrected chi connectivity index (χ1v) is 7.89. The largest absolute Gasteiger partial charge is 0.299 e. The first kappa shape index (κ1) is 14.1. The average Bonchev–Trinajstić information content (AvgIpc) is 3.16. The molecule has 0 aromatic carbocycles. The van der Waals surface area contributed by atoms with E-state index in [1.165, 1.54) is 16.2 Å². The standard InChI is InChI=1S/C13H9ClN4OS2/c1-18(12(19)9-4-6-16-21-9)13-10(14)17-11(20-13)8-3-2-5-15-7-8/h2-7H,1H3. The Kier molecular flexibility index (Phi) is 3.96. The topological polar surface area (TPSA) is 59.0 Å². The first-order valence-electron chi connectivity index (χ1n) is 5.92. The SMILES string of the molecule is CN(C(=O)c1ccns1)c1sc(-c2cccnc2)nc1Cl. The predicted molar refractivity (Wildman–Crippen MR) is 85.2 cm³/mol. The zero-order valence-corrected chi connectivity index (χ0v) is 13.2. The van der Waals surface area contributed by atoms with Crippen LogP contribution in [0.4, 0.5) is 5.00 Å². The van der Waals surface area contributed by atoms with Crippen LogP contribution in [-0.4, -0.2) is 27.3 Å². The third-order valence-electron chi connectivity index (χ3n) is 2.74. The van der Waals surface area contributed by atoms with Crippen LogP contribution in [0.5, 0.6) is 0 Å². The number of thiazole rings is 1. The predicted octanol–water partition coefficient (Wildman–Crippen LogP) is 3.59. The maximum Gasteiger partial charge on any atom is 0.270 e. The normalized spacial score (nSPS) is 10.6. The highest BCUT2D eigenvalue weighted by Gasteiger charge is 2.21. The lowest BCUT2D eigenvalue weighted by atomic mass is 10.3. The molecule has 0 radical (unpaired) electrons. The molecule has 0 N–H and O–H groups in total. The van der Waals surface area contributed by atoms with Crippen molar-refractivity contribution in [2.45, 2.75) is 0 Å². The number of aromatic nitrogens is 3. The number of pyridine rings is 1. The van der Waals surface area contributed by atoms with E-state index >= 15 is 0 Å². The molecule has 0 aliphatic heterocycles. The zero-order chi connectivity index (χ0) is 14.8. The molecule has 21 heavy (non-hydrogen) atoms. The van der Waals surface area contributed by atoms with Crippen LogP contribution in [0.1, 0.15) is 9.67 Å². The van der Waals surface area contributed by atoms with Gasteiger partial charge in [-0.3, -0.25) is 14.7 Å². The highest BCUT2D eigenvalue weighted by molar-refractivity contribution is 7.20. The van der Waals surface area contributed by atoms with Gasteiger partial charge in [0.05, 0.1) is 0 Å².